The number of hydrogen-bond donors (Lipinski definition) is 4. The van der Waals surface area contributed by atoms with Gasteiger partial charge >= 0.3 is 6.03 Å². The first kappa shape index (κ1) is 26.6. The van der Waals surface area contributed by atoms with Crippen LogP contribution in [0.5, 0.6) is 11.5 Å². The first-order valence-corrected chi connectivity index (χ1v) is 12.7. The van der Waals surface area contributed by atoms with Crippen molar-refractivity contribution in [2.75, 3.05) is 20.3 Å². The summed E-state index contributed by atoms with van der Waals surface area (Å²) in [6.45, 7) is 4.73. The van der Waals surface area contributed by atoms with Crippen LogP contribution in [0.2, 0.25) is 0 Å². The molecule has 2 atom stereocenters. The fraction of sp³-hybridized carbons (Fsp3) is 0.267. The number of amides is 3. The summed E-state index contributed by atoms with van der Waals surface area (Å²) in [5.74, 6) is 0.931. The normalized spacial score (nSPS) is 12.5. The summed E-state index contributed by atoms with van der Waals surface area (Å²) < 4.78 is 11.3. The van der Waals surface area contributed by atoms with E-state index >= 15 is 0 Å². The van der Waals surface area contributed by atoms with Gasteiger partial charge in [-0.05, 0) is 54.3 Å². The SMILES string of the molecule is CCOc1ccc([C@@H](CNC(=O)C[C@H](NC(N)=O)c2ccccc2C)c2c[nH]c3ccccc23)cc1OC. The van der Waals surface area contributed by atoms with Crippen molar-refractivity contribution < 1.29 is 19.1 Å². The molecule has 0 unspecified atom stereocenters. The number of primary amides is 1. The third kappa shape index (κ3) is 6.08. The van der Waals surface area contributed by atoms with Crippen molar-refractivity contribution in [3.05, 3.63) is 95.2 Å². The molecule has 1 aromatic heterocycles. The van der Waals surface area contributed by atoms with Gasteiger partial charge in [0.1, 0.15) is 0 Å². The number of urea groups is 1. The van der Waals surface area contributed by atoms with E-state index in [4.69, 9.17) is 15.2 Å². The largest absolute Gasteiger partial charge is 0.493 e. The maximum atomic E-state index is 13.2. The molecule has 198 valence electrons. The van der Waals surface area contributed by atoms with Crippen molar-refractivity contribution in [1.29, 1.82) is 0 Å². The molecule has 0 saturated heterocycles. The summed E-state index contributed by atoms with van der Waals surface area (Å²) in [5.41, 5.74) is 10.3. The molecule has 3 aromatic carbocycles. The van der Waals surface area contributed by atoms with E-state index in [-0.39, 0.29) is 18.2 Å². The molecule has 38 heavy (non-hydrogen) atoms. The van der Waals surface area contributed by atoms with Crippen molar-refractivity contribution in [2.24, 2.45) is 5.73 Å². The van der Waals surface area contributed by atoms with Crippen LogP contribution < -0.4 is 25.8 Å². The maximum Gasteiger partial charge on any atom is 0.312 e. The predicted octanol–water partition coefficient (Wildman–Crippen LogP) is 4.93. The number of benzene rings is 3. The van der Waals surface area contributed by atoms with Crippen LogP contribution in [0.4, 0.5) is 4.79 Å². The van der Waals surface area contributed by atoms with Crippen LogP contribution in [0.15, 0.2) is 72.9 Å². The quantitative estimate of drug-likeness (QED) is 0.227. The zero-order valence-corrected chi connectivity index (χ0v) is 21.9. The fourth-order valence-corrected chi connectivity index (χ4v) is 4.83. The molecule has 3 amide bonds. The number of ether oxygens (including phenoxy) is 2. The number of nitrogens with two attached hydrogens (primary N) is 1. The van der Waals surface area contributed by atoms with Crippen molar-refractivity contribution >= 4 is 22.8 Å². The van der Waals surface area contributed by atoms with Crippen LogP contribution in [-0.4, -0.2) is 37.2 Å². The summed E-state index contributed by atoms with van der Waals surface area (Å²) in [5, 5.41) is 6.88. The Morgan fingerprint density at radius 1 is 1.00 bits per heavy atom. The number of methoxy groups -OCH3 is 1. The standard InChI is InChI=1S/C30H34N4O4/c1-4-38-27-14-13-20(15-28(27)37-3)23(24-18-32-25-12-8-7-11-22(24)25)17-33-29(35)16-26(34-30(31)36)21-10-6-5-9-19(21)2/h5-15,18,23,26,32H,4,16-17H2,1-3H3,(H,33,35)(H3,31,34,36)/t23-,26+/m1/s1. The van der Waals surface area contributed by atoms with Gasteiger partial charge in [-0.2, -0.15) is 0 Å². The van der Waals surface area contributed by atoms with Crippen LogP contribution >= 0.6 is 0 Å². The lowest BCUT2D eigenvalue weighted by molar-refractivity contribution is -0.121. The Morgan fingerprint density at radius 3 is 2.50 bits per heavy atom. The van der Waals surface area contributed by atoms with E-state index in [0.29, 0.717) is 24.7 Å². The maximum absolute atomic E-state index is 13.2. The Balaban J connectivity index is 1.61. The van der Waals surface area contributed by atoms with Crippen LogP contribution in [0.1, 0.15) is 47.6 Å². The lowest BCUT2D eigenvalue weighted by Gasteiger charge is -2.22. The number of aromatic amines is 1. The van der Waals surface area contributed by atoms with E-state index in [1.54, 1.807) is 7.11 Å². The highest BCUT2D eigenvalue weighted by molar-refractivity contribution is 5.84. The first-order valence-electron chi connectivity index (χ1n) is 12.7. The van der Waals surface area contributed by atoms with E-state index in [2.05, 4.69) is 21.7 Å². The molecule has 0 saturated carbocycles. The number of aryl methyl sites for hydroxylation is 1. The molecule has 0 aliphatic heterocycles. The van der Waals surface area contributed by atoms with E-state index in [9.17, 15) is 9.59 Å². The molecule has 1 heterocycles. The lowest BCUT2D eigenvalue weighted by Crippen LogP contribution is -2.37. The average molecular weight is 515 g/mol. The Bertz CT molecular complexity index is 1410. The van der Waals surface area contributed by atoms with Crippen LogP contribution in [0.25, 0.3) is 10.9 Å². The number of fused-ring (bicyclic) bond motifs is 1. The molecule has 0 fully saturated rings. The topological polar surface area (TPSA) is 118 Å². The Labute approximate surface area is 222 Å². The second-order valence-electron chi connectivity index (χ2n) is 9.11. The molecule has 5 N–H and O–H groups in total. The average Bonchev–Trinajstić information content (AvgIpc) is 3.33. The van der Waals surface area contributed by atoms with Gasteiger partial charge in [0.05, 0.1) is 26.2 Å². The molecular formula is C30H34N4O4. The number of para-hydroxylation sites is 1. The highest BCUT2D eigenvalue weighted by Gasteiger charge is 2.23. The molecule has 0 aliphatic rings. The van der Waals surface area contributed by atoms with Gasteiger partial charge in [-0.1, -0.05) is 48.5 Å². The van der Waals surface area contributed by atoms with Gasteiger partial charge in [0.2, 0.25) is 5.91 Å². The van der Waals surface area contributed by atoms with Crippen molar-refractivity contribution in [1.82, 2.24) is 15.6 Å². The Morgan fingerprint density at radius 2 is 1.76 bits per heavy atom. The Hall–Kier alpha value is -4.46. The van der Waals surface area contributed by atoms with Gasteiger partial charge < -0.3 is 30.8 Å². The molecule has 4 rings (SSSR count). The summed E-state index contributed by atoms with van der Waals surface area (Å²) >= 11 is 0. The molecular weight excluding hydrogens is 480 g/mol. The molecule has 4 aromatic rings. The van der Waals surface area contributed by atoms with Crippen LogP contribution in [0.3, 0.4) is 0 Å². The number of carbonyl (C=O) groups is 2. The highest BCUT2D eigenvalue weighted by Crippen LogP contribution is 2.36. The van der Waals surface area contributed by atoms with Crippen LogP contribution in [0, 0.1) is 6.92 Å². The molecule has 8 heteroatoms. The van der Waals surface area contributed by atoms with Crippen molar-refractivity contribution in [3.63, 3.8) is 0 Å². The molecule has 0 radical (unpaired) electrons. The van der Waals surface area contributed by atoms with Gasteiger partial charge in [-0.15, -0.1) is 0 Å². The third-order valence-corrected chi connectivity index (χ3v) is 6.66. The summed E-state index contributed by atoms with van der Waals surface area (Å²) in [7, 11) is 1.61. The van der Waals surface area contributed by atoms with Crippen molar-refractivity contribution in [3.8, 4) is 11.5 Å². The zero-order chi connectivity index (χ0) is 27.1. The lowest BCUT2D eigenvalue weighted by atomic mass is 9.90. The first-order chi connectivity index (χ1) is 18.4. The van der Waals surface area contributed by atoms with Crippen LogP contribution in [-0.2, 0) is 4.79 Å². The summed E-state index contributed by atoms with van der Waals surface area (Å²) in [6, 6.07) is 20.3. The third-order valence-electron chi connectivity index (χ3n) is 6.66. The van der Waals surface area contributed by atoms with Gasteiger partial charge in [0, 0.05) is 29.6 Å². The molecule has 8 nitrogen and oxygen atoms in total. The molecule has 0 aliphatic carbocycles. The van der Waals surface area contributed by atoms with E-state index in [1.807, 2.05) is 80.7 Å². The number of H-pyrrole nitrogens is 1. The van der Waals surface area contributed by atoms with Gasteiger partial charge in [0.25, 0.3) is 0 Å². The fourth-order valence-electron chi connectivity index (χ4n) is 4.83. The molecule has 0 bridgehead atoms. The minimum atomic E-state index is -0.677. The number of rotatable bonds is 11. The number of nitrogens with one attached hydrogen (secondary N) is 3. The number of carbonyl (C=O) groups excluding carboxylic acids is 2. The zero-order valence-electron chi connectivity index (χ0n) is 21.9. The van der Waals surface area contributed by atoms with E-state index in [1.165, 1.54) is 0 Å². The Kier molecular flexibility index (Phi) is 8.53. The van der Waals surface area contributed by atoms with E-state index in [0.717, 1.165) is 33.2 Å². The predicted molar refractivity (Wildman–Crippen MR) is 149 cm³/mol. The van der Waals surface area contributed by atoms with E-state index < -0.39 is 12.1 Å². The van der Waals surface area contributed by atoms with Crippen molar-refractivity contribution in [2.45, 2.75) is 32.2 Å². The summed E-state index contributed by atoms with van der Waals surface area (Å²) in [6.07, 6.45) is 2.04. The second kappa shape index (κ2) is 12.2. The van der Waals surface area contributed by atoms with Gasteiger partial charge in [-0.3, -0.25) is 4.79 Å². The summed E-state index contributed by atoms with van der Waals surface area (Å²) in [4.78, 5) is 28.2. The minimum absolute atomic E-state index is 0.0565. The highest BCUT2D eigenvalue weighted by atomic mass is 16.5. The van der Waals surface area contributed by atoms with Gasteiger partial charge in [0.15, 0.2) is 11.5 Å². The number of aromatic nitrogens is 1. The monoisotopic (exact) mass is 514 g/mol. The smallest absolute Gasteiger partial charge is 0.312 e. The minimum Gasteiger partial charge on any atom is -0.493 e. The number of hydrogen-bond acceptors (Lipinski definition) is 4. The van der Waals surface area contributed by atoms with Gasteiger partial charge in [-0.25, -0.2) is 4.79 Å². The molecule has 0 spiro atoms. The second-order valence-corrected chi connectivity index (χ2v) is 9.11.